The van der Waals surface area contributed by atoms with Crippen LogP contribution in [0.2, 0.25) is 0 Å². The van der Waals surface area contributed by atoms with Crippen molar-refractivity contribution < 1.29 is 47.6 Å². The van der Waals surface area contributed by atoms with E-state index in [2.05, 4.69) is 9.69 Å². The van der Waals surface area contributed by atoms with Crippen molar-refractivity contribution in [2.45, 2.75) is 22.6 Å². The molecule has 0 radical (unpaired) electrons. The summed E-state index contributed by atoms with van der Waals surface area (Å²) in [4.78, 5) is -0.634. The van der Waals surface area contributed by atoms with E-state index in [0.29, 0.717) is 48.5 Å². The molecule has 0 spiro atoms. The Kier molecular flexibility index (Phi) is 6.52. The van der Waals surface area contributed by atoms with Crippen LogP contribution in [0.15, 0.2) is 80.9 Å². The van der Waals surface area contributed by atoms with E-state index in [9.17, 15) is 19.3 Å². The topological polar surface area (TPSA) is 56.3 Å². The van der Waals surface area contributed by atoms with Crippen LogP contribution >= 0.6 is 20.4 Å². The lowest BCUT2D eigenvalue weighted by atomic mass is 9.95. The molecule has 0 bridgehead atoms. The van der Waals surface area contributed by atoms with Crippen LogP contribution in [-0.2, 0) is 12.8 Å². The van der Waals surface area contributed by atoms with E-state index in [-0.39, 0.29) is 0 Å². The highest BCUT2D eigenvalue weighted by Crippen LogP contribution is 3.04. The Bertz CT molecular complexity index is 2180. The lowest BCUT2D eigenvalue weighted by Gasteiger charge is -2.45. The molecular weight excluding hydrogens is 708 g/mol. The number of rotatable bonds is 4. The molecule has 0 saturated carbocycles. The summed E-state index contributed by atoms with van der Waals surface area (Å²) in [6.45, 7) is 14.6. The first-order chi connectivity index (χ1) is 21.7. The van der Waals surface area contributed by atoms with Gasteiger partial charge in [0.25, 0.3) is 0 Å². The largest absolute Gasteiger partial charge is 0.523 e. The van der Waals surface area contributed by atoms with Crippen molar-refractivity contribution in [1.29, 1.82) is 10.5 Å². The van der Waals surface area contributed by atoms with E-state index >= 15 is 38.9 Å². The van der Waals surface area contributed by atoms with Gasteiger partial charge in [0.1, 0.15) is 52.3 Å². The number of allylic oxidation sites excluding steroid dienone is 3. The molecule has 0 unspecified atom stereocenters. The lowest BCUT2D eigenvalue weighted by molar-refractivity contribution is 0.352. The monoisotopic (exact) mass is 720 g/mol. The number of benzene rings is 3. The van der Waals surface area contributed by atoms with E-state index in [1.54, 1.807) is 0 Å². The third-order valence-electron chi connectivity index (χ3n) is 7.46. The average molecular weight is 721 g/mol. The minimum atomic E-state index is -11.4. The summed E-state index contributed by atoms with van der Waals surface area (Å²) in [5.41, 5.74) is -11.5. The third-order valence-corrected chi connectivity index (χ3v) is 9.91. The number of hydrogen-bond donors (Lipinski definition) is 0. The molecule has 0 aliphatic heterocycles. The van der Waals surface area contributed by atoms with Gasteiger partial charge >= 0.3 is 26.3 Å². The van der Waals surface area contributed by atoms with Gasteiger partial charge in [-0.3, -0.25) is 0 Å². The van der Waals surface area contributed by atoms with Gasteiger partial charge < -0.3 is 0 Å². The van der Waals surface area contributed by atoms with E-state index in [1.165, 1.54) is 12.1 Å². The predicted octanol–water partition coefficient (Wildman–Crippen LogP) is 10.2. The molecule has 18 heteroatoms. The standard InChI is InChI=1S/C30H12F12N4S2/c1-45-30(46-2)23-12-22-27(25(23)16-5-9-19(32)10-6-16)28(47(33,34,35,36)37)21-11-20(17(13-43)14-44)24(15-3-7-18(31)8-4-15)26(21)29(22)48(38,39,40,41)42/h3-10H,11-12H2. The highest BCUT2D eigenvalue weighted by atomic mass is 32.5. The van der Waals surface area contributed by atoms with E-state index < -0.39 is 121 Å². The third kappa shape index (κ3) is 5.63. The van der Waals surface area contributed by atoms with Crippen LogP contribution in [0.1, 0.15) is 22.3 Å². The fourth-order valence-electron chi connectivity index (χ4n) is 5.95. The van der Waals surface area contributed by atoms with Crippen LogP contribution in [0, 0.1) is 47.4 Å². The van der Waals surface area contributed by atoms with Crippen molar-refractivity contribution in [2.24, 2.45) is 0 Å². The van der Waals surface area contributed by atoms with Gasteiger partial charge in [0, 0.05) is 16.9 Å². The molecule has 3 aromatic carbocycles. The zero-order valence-corrected chi connectivity index (χ0v) is 24.8. The van der Waals surface area contributed by atoms with Crippen LogP contribution in [0.25, 0.3) is 20.8 Å². The number of halogens is 12. The Morgan fingerprint density at radius 3 is 1.23 bits per heavy atom. The molecule has 0 atom stereocenters. The van der Waals surface area contributed by atoms with Gasteiger partial charge in [-0.25, -0.2) is 8.78 Å². The minimum Gasteiger partial charge on any atom is -0.207 e. The average Bonchev–Trinajstić information content (AvgIpc) is 3.50. The second-order valence-corrected chi connectivity index (χ2v) is 15.2. The van der Waals surface area contributed by atoms with E-state index in [4.69, 9.17) is 13.1 Å². The van der Waals surface area contributed by atoms with Crippen LogP contribution in [0.4, 0.5) is 47.6 Å². The quantitative estimate of drug-likeness (QED) is 0.153. The molecular formula is C30H12F12N4S2. The van der Waals surface area contributed by atoms with Crippen LogP contribution in [0.5, 0.6) is 0 Å². The van der Waals surface area contributed by atoms with Crippen LogP contribution in [-0.4, -0.2) is 0 Å². The number of nitriles is 2. The normalized spacial score (nSPS) is 17.0. The number of hydrogen-bond acceptors (Lipinski definition) is 2. The Morgan fingerprint density at radius 2 is 0.917 bits per heavy atom. The van der Waals surface area contributed by atoms with Crippen molar-refractivity contribution in [3.63, 3.8) is 0 Å². The molecule has 0 heterocycles. The van der Waals surface area contributed by atoms with Crippen molar-refractivity contribution in [2.75, 3.05) is 0 Å². The van der Waals surface area contributed by atoms with Gasteiger partial charge in [-0.15, -0.1) is 0 Å². The van der Waals surface area contributed by atoms with Crippen molar-refractivity contribution in [3.8, 4) is 12.1 Å². The highest BCUT2D eigenvalue weighted by Gasteiger charge is 2.72. The summed E-state index contributed by atoms with van der Waals surface area (Å²) in [5.74, 6) is -3.36. The molecule has 2 aliphatic carbocycles. The zero-order valence-electron chi connectivity index (χ0n) is 23.2. The minimum absolute atomic E-state index is 0.563. The first-order valence-corrected chi connectivity index (χ1v) is 16.6. The second kappa shape index (κ2) is 9.19. The van der Waals surface area contributed by atoms with E-state index in [0.717, 1.165) is 0 Å². The van der Waals surface area contributed by atoms with Gasteiger partial charge in [0.05, 0.1) is 5.57 Å². The second-order valence-electron chi connectivity index (χ2n) is 10.5. The molecule has 0 aromatic heterocycles. The molecule has 5 rings (SSSR count). The zero-order chi connectivity index (χ0) is 36.0. The molecule has 4 nitrogen and oxygen atoms in total. The van der Waals surface area contributed by atoms with Gasteiger partial charge in [-0.2, -0.15) is 20.2 Å². The molecule has 0 amide bonds. The Hall–Kier alpha value is -5.30. The molecule has 3 aromatic rings. The molecule has 248 valence electrons. The van der Waals surface area contributed by atoms with Gasteiger partial charge in [0.15, 0.2) is 0 Å². The summed E-state index contributed by atoms with van der Waals surface area (Å²) in [6, 6.07) is 7.24. The fourth-order valence-corrected chi connectivity index (χ4v) is 8.45. The lowest BCUT2D eigenvalue weighted by Crippen LogP contribution is -2.34. The summed E-state index contributed by atoms with van der Waals surface area (Å²) < 4.78 is 181. The Labute approximate surface area is 262 Å². The number of nitrogens with zero attached hydrogens (tertiary/aromatic N) is 4. The number of fused-ring (bicyclic) bond motifs is 2. The maximum atomic E-state index is 15.3. The summed E-state index contributed by atoms with van der Waals surface area (Å²) >= 11 is 0. The first kappa shape index (κ1) is 34.0. The first-order valence-electron chi connectivity index (χ1n) is 12.7. The molecule has 48 heavy (non-hydrogen) atoms. The highest BCUT2D eigenvalue weighted by molar-refractivity contribution is 8.46. The summed E-state index contributed by atoms with van der Waals surface area (Å²) in [6.07, 6.45) is -3.43. The maximum absolute atomic E-state index is 15.3. The molecule has 0 fully saturated rings. The summed E-state index contributed by atoms with van der Waals surface area (Å²) in [5, 5.41) is 14.8. The molecule has 0 N–H and O–H groups in total. The Balaban J connectivity index is 2.33. The summed E-state index contributed by atoms with van der Waals surface area (Å²) in [7, 11) is -22.7. The van der Waals surface area contributed by atoms with Crippen LogP contribution in [0.3, 0.4) is 0 Å². The predicted molar refractivity (Wildman–Crippen MR) is 152 cm³/mol. The molecule has 0 saturated heterocycles. The fraction of sp³-hybridized carbons (Fsp3) is 0.0667. The van der Waals surface area contributed by atoms with E-state index in [1.807, 2.05) is 0 Å². The SMILES string of the molecule is [C-]#[N+]C([N+]#[C-])=C1Cc2c(S(F)(F)(F)(F)F)c3c(c(S(F)(F)(F)(F)F)c2=C1c1ccc(F)cc1)CC(=C(C#N)C#N)C=3c1ccc(F)cc1. The van der Waals surface area contributed by atoms with Gasteiger partial charge in [-0.05, 0) is 69.7 Å². The van der Waals surface area contributed by atoms with Crippen LogP contribution < -0.4 is 10.4 Å². The van der Waals surface area contributed by atoms with Crippen molar-refractivity contribution in [1.82, 2.24) is 0 Å². The Morgan fingerprint density at radius 1 is 0.583 bits per heavy atom. The van der Waals surface area contributed by atoms with Crippen molar-refractivity contribution >= 4 is 31.6 Å². The molecule has 2 aliphatic rings. The van der Waals surface area contributed by atoms with Crippen molar-refractivity contribution in [3.05, 3.63) is 138 Å². The smallest absolute Gasteiger partial charge is 0.207 e. The maximum Gasteiger partial charge on any atom is 0.523 e. The van der Waals surface area contributed by atoms with Gasteiger partial charge in [-0.1, -0.05) is 63.1 Å². The van der Waals surface area contributed by atoms with Gasteiger partial charge in [0.2, 0.25) is 0 Å².